The van der Waals surface area contributed by atoms with Gasteiger partial charge in [-0.25, -0.2) is 0 Å². The lowest BCUT2D eigenvalue weighted by Gasteiger charge is -2.21. The Kier molecular flexibility index (Phi) is 2.61. The molecule has 2 fully saturated rings. The van der Waals surface area contributed by atoms with Crippen molar-refractivity contribution >= 4 is 5.91 Å². The van der Waals surface area contributed by atoms with Gasteiger partial charge in [-0.05, 0) is 43.2 Å². The molecule has 1 amide bonds. The minimum Gasteiger partial charge on any atom is -0.340 e. The smallest absolute Gasteiger partial charge is 0.225 e. The van der Waals surface area contributed by atoms with Crippen LogP contribution in [0.3, 0.4) is 0 Å². The van der Waals surface area contributed by atoms with Gasteiger partial charge in [0.15, 0.2) is 0 Å². The van der Waals surface area contributed by atoms with Gasteiger partial charge in [0.2, 0.25) is 5.91 Å². The highest BCUT2D eigenvalue weighted by atomic mass is 16.2. The van der Waals surface area contributed by atoms with E-state index in [-0.39, 0.29) is 5.92 Å². The van der Waals surface area contributed by atoms with Crippen LogP contribution in [0.25, 0.3) is 0 Å². The molecule has 2 aliphatic carbocycles. The first-order valence-corrected chi connectivity index (χ1v) is 6.39. The summed E-state index contributed by atoms with van der Waals surface area (Å²) in [4.78, 5) is 18.3. The quantitative estimate of drug-likeness (QED) is 0.796. The van der Waals surface area contributed by atoms with Gasteiger partial charge in [0, 0.05) is 19.2 Å². The van der Waals surface area contributed by atoms with Crippen molar-refractivity contribution in [2.75, 3.05) is 7.05 Å². The number of aromatic nitrogens is 1. The maximum Gasteiger partial charge on any atom is 0.225 e. The van der Waals surface area contributed by atoms with Crippen molar-refractivity contribution in [3.8, 4) is 0 Å². The molecule has 2 saturated carbocycles. The van der Waals surface area contributed by atoms with Crippen LogP contribution >= 0.6 is 0 Å². The summed E-state index contributed by atoms with van der Waals surface area (Å²) in [6, 6.07) is 5.83. The molecular weight excluding hydrogens is 212 g/mol. The predicted molar refractivity (Wildman–Crippen MR) is 65.0 cm³/mol. The normalized spacial score (nSPS) is 29.8. The zero-order valence-electron chi connectivity index (χ0n) is 10.2. The highest BCUT2D eigenvalue weighted by Crippen LogP contribution is 2.54. The number of nitrogens with zero attached hydrogens (tertiary/aromatic N) is 2. The standard InChI is InChI=1S/C14H18N2O/c1-16(9-13-4-2-3-5-15-13)14(17)12-7-10-6-11(10)8-12/h2-5,10-12H,6-9H2,1H3. The third kappa shape index (κ3) is 2.19. The van der Waals surface area contributed by atoms with E-state index in [9.17, 15) is 4.79 Å². The van der Waals surface area contributed by atoms with Crippen molar-refractivity contribution in [3.63, 3.8) is 0 Å². The Hall–Kier alpha value is -1.38. The van der Waals surface area contributed by atoms with Crippen LogP contribution in [0, 0.1) is 17.8 Å². The minimum absolute atomic E-state index is 0.285. The SMILES string of the molecule is CN(Cc1ccccn1)C(=O)C1CC2CC2C1. The number of hydrogen-bond acceptors (Lipinski definition) is 2. The van der Waals surface area contributed by atoms with Crippen molar-refractivity contribution in [3.05, 3.63) is 30.1 Å². The van der Waals surface area contributed by atoms with Crippen molar-refractivity contribution in [1.29, 1.82) is 0 Å². The number of amides is 1. The number of carbonyl (C=O) groups is 1. The lowest BCUT2D eigenvalue weighted by Crippen LogP contribution is -2.32. The molecule has 2 atom stereocenters. The van der Waals surface area contributed by atoms with Crippen LogP contribution in [0.2, 0.25) is 0 Å². The van der Waals surface area contributed by atoms with Crippen molar-refractivity contribution < 1.29 is 4.79 Å². The second-order valence-corrected chi connectivity index (χ2v) is 5.44. The molecule has 0 spiro atoms. The molecule has 3 heteroatoms. The molecule has 0 bridgehead atoms. The molecule has 0 saturated heterocycles. The van der Waals surface area contributed by atoms with Crippen LogP contribution in [0.4, 0.5) is 0 Å². The van der Waals surface area contributed by atoms with E-state index in [2.05, 4.69) is 4.98 Å². The van der Waals surface area contributed by atoms with Crippen LogP contribution in [-0.4, -0.2) is 22.8 Å². The van der Waals surface area contributed by atoms with E-state index < -0.39 is 0 Å². The summed E-state index contributed by atoms with van der Waals surface area (Å²) in [6.45, 7) is 0.630. The number of fused-ring (bicyclic) bond motifs is 1. The molecule has 3 nitrogen and oxygen atoms in total. The Balaban J connectivity index is 1.58. The largest absolute Gasteiger partial charge is 0.340 e. The zero-order chi connectivity index (χ0) is 11.8. The van der Waals surface area contributed by atoms with Gasteiger partial charge in [0.05, 0.1) is 12.2 Å². The average molecular weight is 230 g/mol. The Morgan fingerprint density at radius 3 is 2.76 bits per heavy atom. The van der Waals surface area contributed by atoms with Crippen LogP contribution in [-0.2, 0) is 11.3 Å². The summed E-state index contributed by atoms with van der Waals surface area (Å²) in [5.41, 5.74) is 0.964. The van der Waals surface area contributed by atoms with Crippen LogP contribution < -0.4 is 0 Å². The van der Waals surface area contributed by atoms with Gasteiger partial charge in [0.1, 0.15) is 0 Å². The Morgan fingerprint density at radius 2 is 2.12 bits per heavy atom. The predicted octanol–water partition coefficient (Wildman–Crippen LogP) is 2.09. The summed E-state index contributed by atoms with van der Waals surface area (Å²) < 4.78 is 0. The van der Waals surface area contributed by atoms with Crippen molar-refractivity contribution in [2.45, 2.75) is 25.8 Å². The van der Waals surface area contributed by atoms with E-state index in [0.717, 1.165) is 30.4 Å². The average Bonchev–Trinajstić information content (AvgIpc) is 2.96. The van der Waals surface area contributed by atoms with E-state index in [1.54, 1.807) is 6.20 Å². The molecule has 3 rings (SSSR count). The maximum atomic E-state index is 12.2. The molecule has 90 valence electrons. The number of rotatable bonds is 3. The van der Waals surface area contributed by atoms with E-state index in [1.807, 2.05) is 30.1 Å². The lowest BCUT2D eigenvalue weighted by molar-refractivity contribution is -0.134. The van der Waals surface area contributed by atoms with Crippen molar-refractivity contribution in [1.82, 2.24) is 9.88 Å². The van der Waals surface area contributed by atoms with Gasteiger partial charge in [-0.2, -0.15) is 0 Å². The topological polar surface area (TPSA) is 33.2 Å². The van der Waals surface area contributed by atoms with Gasteiger partial charge >= 0.3 is 0 Å². The lowest BCUT2D eigenvalue weighted by atomic mass is 10.0. The fourth-order valence-electron chi connectivity index (χ4n) is 3.04. The summed E-state index contributed by atoms with van der Waals surface area (Å²) >= 11 is 0. The zero-order valence-corrected chi connectivity index (χ0v) is 10.2. The van der Waals surface area contributed by atoms with Crippen LogP contribution in [0.15, 0.2) is 24.4 Å². The molecule has 17 heavy (non-hydrogen) atoms. The summed E-state index contributed by atoms with van der Waals surface area (Å²) in [6.07, 6.45) is 5.39. The number of carbonyl (C=O) groups excluding carboxylic acids is 1. The van der Waals surface area contributed by atoms with Gasteiger partial charge in [-0.3, -0.25) is 9.78 Å². The van der Waals surface area contributed by atoms with Gasteiger partial charge in [-0.1, -0.05) is 6.07 Å². The third-order valence-electron chi connectivity index (χ3n) is 4.09. The monoisotopic (exact) mass is 230 g/mol. The summed E-state index contributed by atoms with van der Waals surface area (Å²) in [5, 5.41) is 0. The second-order valence-electron chi connectivity index (χ2n) is 5.44. The Bertz CT molecular complexity index is 407. The molecular formula is C14H18N2O. The minimum atomic E-state index is 0.285. The van der Waals surface area contributed by atoms with E-state index >= 15 is 0 Å². The fourth-order valence-corrected chi connectivity index (χ4v) is 3.04. The third-order valence-corrected chi connectivity index (χ3v) is 4.09. The Morgan fingerprint density at radius 1 is 1.35 bits per heavy atom. The van der Waals surface area contributed by atoms with Crippen molar-refractivity contribution in [2.24, 2.45) is 17.8 Å². The van der Waals surface area contributed by atoms with E-state index in [1.165, 1.54) is 6.42 Å². The molecule has 1 aromatic rings. The molecule has 0 aromatic carbocycles. The number of hydrogen-bond donors (Lipinski definition) is 0. The Labute approximate surface area is 102 Å². The molecule has 1 aromatic heterocycles. The molecule has 1 heterocycles. The van der Waals surface area contributed by atoms with Gasteiger partial charge < -0.3 is 4.90 Å². The second kappa shape index (κ2) is 4.13. The first-order chi connectivity index (χ1) is 8.24. The van der Waals surface area contributed by atoms with E-state index in [4.69, 9.17) is 0 Å². The maximum absolute atomic E-state index is 12.2. The molecule has 0 aliphatic heterocycles. The molecule has 2 aliphatic rings. The van der Waals surface area contributed by atoms with Gasteiger partial charge in [0.25, 0.3) is 0 Å². The molecule has 0 radical (unpaired) electrons. The van der Waals surface area contributed by atoms with E-state index in [0.29, 0.717) is 12.5 Å². The van der Waals surface area contributed by atoms with Crippen LogP contribution in [0.1, 0.15) is 25.0 Å². The van der Waals surface area contributed by atoms with Gasteiger partial charge in [-0.15, -0.1) is 0 Å². The summed E-state index contributed by atoms with van der Waals surface area (Å²) in [7, 11) is 1.89. The summed E-state index contributed by atoms with van der Waals surface area (Å²) in [5.74, 6) is 2.33. The first kappa shape index (κ1) is 10.8. The highest BCUT2D eigenvalue weighted by Gasteiger charge is 2.48. The molecule has 0 N–H and O–H groups in total. The number of pyridine rings is 1. The van der Waals surface area contributed by atoms with Crippen LogP contribution in [0.5, 0.6) is 0 Å². The molecule has 2 unspecified atom stereocenters. The first-order valence-electron chi connectivity index (χ1n) is 6.39. The highest BCUT2D eigenvalue weighted by molar-refractivity contribution is 5.79. The fraction of sp³-hybridized carbons (Fsp3) is 0.571.